The Balaban J connectivity index is 0.000000490. The van der Waals surface area contributed by atoms with Gasteiger partial charge >= 0.3 is 50.8 Å². The summed E-state index contributed by atoms with van der Waals surface area (Å²) in [6, 6.07) is 10.2. The van der Waals surface area contributed by atoms with Crippen molar-refractivity contribution in [3.05, 3.63) is 30.3 Å². The van der Waals surface area contributed by atoms with E-state index >= 15 is 0 Å². The normalized spacial score (nSPS) is 7.62. The molecule has 0 bridgehead atoms. The molecule has 0 nitrogen and oxygen atoms in total. The minimum atomic E-state index is 0. The first-order valence-electron chi connectivity index (χ1n) is 2.13. The summed E-state index contributed by atoms with van der Waals surface area (Å²) in [5.74, 6) is 0. The van der Waals surface area contributed by atoms with E-state index in [2.05, 4.69) is 28.1 Å². The number of hydrogen-bond acceptors (Lipinski definition) is 0. The van der Waals surface area contributed by atoms with Crippen molar-refractivity contribution in [3.63, 3.8) is 0 Å². The molecule has 0 amide bonds. The summed E-state index contributed by atoms with van der Waals surface area (Å²) in [6.45, 7) is 0. The third kappa shape index (κ3) is 2.51. The fourth-order valence-corrected chi connectivity index (χ4v) is 0.789. The summed E-state index contributed by atoms with van der Waals surface area (Å²) in [6.07, 6.45) is 0. The van der Waals surface area contributed by atoms with E-state index < -0.39 is 0 Å². The third-order valence-electron chi connectivity index (χ3n) is 0.756. The second-order valence-corrected chi connectivity index (χ2v) is 2.42. The Labute approximate surface area is 67.9 Å². The predicted octanol–water partition coefficient (Wildman–Crippen LogP) is 0.791. The molecule has 0 unspecified atom stereocenters. The standard InChI is InChI=1S/C6H6Se.BrH/c7-6-4-2-1-3-5-6;/h1-5,7H;1H. The molecule has 8 heavy (non-hydrogen) atoms. The maximum absolute atomic E-state index is 2.49. The molecule has 0 aliphatic carbocycles. The number of hydrogen-bond donors (Lipinski definition) is 0. The molecule has 0 aliphatic rings. The molecule has 2 heteroatoms. The molecule has 0 radical (unpaired) electrons. The first-order valence-corrected chi connectivity index (χ1v) is 3.07. The average molecular weight is 238 g/mol. The van der Waals surface area contributed by atoms with E-state index in [0.717, 1.165) is 0 Å². The Hall–Kier alpha value is 0.219. The van der Waals surface area contributed by atoms with Crippen LogP contribution in [0.2, 0.25) is 0 Å². The van der Waals surface area contributed by atoms with Gasteiger partial charge < -0.3 is 0 Å². The van der Waals surface area contributed by atoms with Gasteiger partial charge in [0, 0.05) is 0 Å². The maximum atomic E-state index is 2.49. The molecule has 0 atom stereocenters. The minimum absolute atomic E-state index is 0. The van der Waals surface area contributed by atoms with Crippen LogP contribution >= 0.6 is 17.0 Å². The van der Waals surface area contributed by atoms with E-state index in [4.69, 9.17) is 0 Å². The van der Waals surface area contributed by atoms with Crippen LogP contribution in [0.1, 0.15) is 0 Å². The van der Waals surface area contributed by atoms with Gasteiger partial charge in [-0.1, -0.05) is 0 Å². The van der Waals surface area contributed by atoms with Crippen molar-refractivity contribution in [1.29, 1.82) is 0 Å². The Morgan fingerprint density at radius 2 is 1.50 bits per heavy atom. The monoisotopic (exact) mass is 238 g/mol. The van der Waals surface area contributed by atoms with Gasteiger partial charge in [0.25, 0.3) is 0 Å². The SMILES string of the molecule is Br.[SeH]c1ccccc1. The summed E-state index contributed by atoms with van der Waals surface area (Å²) in [5, 5.41) is 0. The Bertz CT molecular complexity index is 138. The first-order chi connectivity index (χ1) is 3.39. The Morgan fingerprint density at radius 1 is 1.00 bits per heavy atom. The summed E-state index contributed by atoms with van der Waals surface area (Å²) in [7, 11) is 0. The van der Waals surface area contributed by atoms with Gasteiger partial charge in [-0.2, -0.15) is 0 Å². The summed E-state index contributed by atoms with van der Waals surface area (Å²) in [4.78, 5) is 0. The van der Waals surface area contributed by atoms with Crippen molar-refractivity contribution in [3.8, 4) is 0 Å². The topological polar surface area (TPSA) is 0 Å². The summed E-state index contributed by atoms with van der Waals surface area (Å²) < 4.78 is 1.26. The van der Waals surface area contributed by atoms with Crippen LogP contribution in [0.4, 0.5) is 0 Å². The second-order valence-electron chi connectivity index (χ2n) is 1.34. The van der Waals surface area contributed by atoms with Gasteiger partial charge in [-0.15, -0.1) is 17.0 Å². The molecule has 0 heterocycles. The zero-order valence-corrected chi connectivity index (χ0v) is 7.83. The van der Waals surface area contributed by atoms with E-state index in [9.17, 15) is 0 Å². The molecule has 0 N–H and O–H groups in total. The molecular formula is C6H7BrSe. The quantitative estimate of drug-likeness (QED) is 0.586. The molecular weight excluding hydrogens is 231 g/mol. The van der Waals surface area contributed by atoms with Gasteiger partial charge in [-0.05, 0) is 0 Å². The van der Waals surface area contributed by atoms with Gasteiger partial charge in [0.2, 0.25) is 0 Å². The van der Waals surface area contributed by atoms with E-state index in [-0.39, 0.29) is 17.0 Å². The predicted molar refractivity (Wildman–Crippen MR) is 43.5 cm³/mol. The van der Waals surface area contributed by atoms with Crippen molar-refractivity contribution >= 4 is 37.5 Å². The average Bonchev–Trinajstić information content (AvgIpc) is 1.69. The van der Waals surface area contributed by atoms with Crippen LogP contribution in [0.25, 0.3) is 0 Å². The molecule has 0 saturated carbocycles. The second kappa shape index (κ2) is 4.13. The van der Waals surface area contributed by atoms with Crippen LogP contribution in [0, 0.1) is 0 Å². The zero-order chi connectivity index (χ0) is 5.11. The van der Waals surface area contributed by atoms with Crippen LogP contribution < -0.4 is 4.46 Å². The van der Waals surface area contributed by atoms with Gasteiger partial charge in [-0.25, -0.2) is 0 Å². The number of halogens is 1. The summed E-state index contributed by atoms with van der Waals surface area (Å²) in [5.41, 5.74) is 0. The van der Waals surface area contributed by atoms with Gasteiger partial charge in [-0.3, -0.25) is 0 Å². The first kappa shape index (κ1) is 8.22. The Kier molecular flexibility index (Phi) is 4.25. The van der Waals surface area contributed by atoms with Crippen LogP contribution in [-0.4, -0.2) is 16.0 Å². The van der Waals surface area contributed by atoms with E-state index in [0.29, 0.717) is 0 Å². The van der Waals surface area contributed by atoms with Gasteiger partial charge in [0.15, 0.2) is 0 Å². The molecule has 0 aromatic heterocycles. The van der Waals surface area contributed by atoms with Crippen molar-refractivity contribution in [1.82, 2.24) is 0 Å². The van der Waals surface area contributed by atoms with Crippen LogP contribution in [0.15, 0.2) is 30.3 Å². The molecule has 0 saturated heterocycles. The van der Waals surface area contributed by atoms with Crippen LogP contribution in [-0.2, 0) is 0 Å². The third-order valence-corrected chi connectivity index (χ3v) is 1.38. The zero-order valence-electron chi connectivity index (χ0n) is 4.24. The van der Waals surface area contributed by atoms with Crippen molar-refractivity contribution < 1.29 is 0 Å². The van der Waals surface area contributed by atoms with Crippen LogP contribution in [0.3, 0.4) is 0 Å². The van der Waals surface area contributed by atoms with Crippen molar-refractivity contribution in [2.45, 2.75) is 0 Å². The molecule has 1 aromatic carbocycles. The molecule has 0 fully saturated rings. The molecule has 1 rings (SSSR count). The van der Waals surface area contributed by atoms with Gasteiger partial charge in [0.1, 0.15) is 0 Å². The van der Waals surface area contributed by atoms with Gasteiger partial charge in [0.05, 0.1) is 0 Å². The molecule has 44 valence electrons. The molecule has 1 aromatic rings. The van der Waals surface area contributed by atoms with E-state index in [1.807, 2.05) is 18.2 Å². The fourth-order valence-electron chi connectivity index (χ4n) is 0.428. The molecule has 0 aliphatic heterocycles. The van der Waals surface area contributed by atoms with E-state index in [1.165, 1.54) is 4.46 Å². The fraction of sp³-hybridized carbons (Fsp3) is 0. The number of benzene rings is 1. The summed E-state index contributed by atoms with van der Waals surface area (Å²) >= 11 is 2.49. The van der Waals surface area contributed by atoms with Crippen molar-refractivity contribution in [2.24, 2.45) is 0 Å². The van der Waals surface area contributed by atoms with E-state index in [1.54, 1.807) is 0 Å². The van der Waals surface area contributed by atoms with Crippen molar-refractivity contribution in [2.75, 3.05) is 0 Å². The number of rotatable bonds is 0. The van der Waals surface area contributed by atoms with Crippen LogP contribution in [0.5, 0.6) is 0 Å². The Morgan fingerprint density at radius 3 is 1.75 bits per heavy atom. The molecule has 0 spiro atoms.